The molecule has 0 spiro atoms. The Hall–Kier alpha value is -2.68. The number of hydrogen-bond acceptors (Lipinski definition) is 3. The normalized spacial score (nSPS) is 11.4. The molecule has 0 heterocycles. The fourth-order valence-corrected chi connectivity index (χ4v) is 2.64. The minimum atomic E-state index is 0.0800. The summed E-state index contributed by atoms with van der Waals surface area (Å²) in [6.45, 7) is 6.24. The second-order valence-electron chi connectivity index (χ2n) is 6.61. The van der Waals surface area contributed by atoms with Crippen molar-refractivity contribution in [2.75, 3.05) is 0 Å². The molecule has 0 aliphatic rings. The van der Waals surface area contributed by atoms with Gasteiger partial charge in [0, 0.05) is 5.56 Å². The highest BCUT2D eigenvalue weighted by Crippen LogP contribution is 2.35. The lowest BCUT2D eigenvalue weighted by Gasteiger charge is -2.10. The van der Waals surface area contributed by atoms with Crippen LogP contribution in [0.15, 0.2) is 59.7 Å². The first-order chi connectivity index (χ1) is 11.9. The van der Waals surface area contributed by atoms with Crippen LogP contribution in [-0.2, 0) is 6.42 Å². The zero-order chi connectivity index (χ0) is 18.4. The summed E-state index contributed by atoms with van der Waals surface area (Å²) in [7, 11) is 0. The van der Waals surface area contributed by atoms with Crippen LogP contribution in [0.5, 0.6) is 17.2 Å². The first-order valence-corrected chi connectivity index (χ1v) is 8.50. The lowest BCUT2D eigenvalue weighted by Crippen LogP contribution is -1.88. The average Bonchev–Trinajstić information content (AvgIpc) is 2.54. The molecule has 0 bridgehead atoms. The van der Waals surface area contributed by atoms with Gasteiger partial charge in [-0.05, 0) is 75.4 Å². The Labute approximate surface area is 149 Å². The molecule has 2 aromatic carbocycles. The molecule has 2 aromatic rings. The molecule has 0 aliphatic carbocycles. The molecular formula is C22H26O3. The number of benzene rings is 2. The van der Waals surface area contributed by atoms with Crippen molar-refractivity contribution >= 4 is 0 Å². The van der Waals surface area contributed by atoms with Crippen molar-refractivity contribution in [2.24, 2.45) is 0 Å². The van der Waals surface area contributed by atoms with E-state index in [9.17, 15) is 15.3 Å². The van der Waals surface area contributed by atoms with Crippen LogP contribution in [0.2, 0.25) is 0 Å². The molecule has 0 radical (unpaired) electrons. The third-order valence-electron chi connectivity index (χ3n) is 4.15. The highest BCUT2D eigenvalue weighted by atomic mass is 16.3. The van der Waals surface area contributed by atoms with Crippen LogP contribution in [0.1, 0.15) is 39.2 Å². The molecule has 3 heteroatoms. The molecule has 0 saturated carbocycles. The van der Waals surface area contributed by atoms with Gasteiger partial charge in [-0.3, -0.25) is 0 Å². The van der Waals surface area contributed by atoms with E-state index in [1.165, 1.54) is 11.1 Å². The Morgan fingerprint density at radius 3 is 2.00 bits per heavy atom. The van der Waals surface area contributed by atoms with Crippen LogP contribution in [0.4, 0.5) is 0 Å². The summed E-state index contributed by atoms with van der Waals surface area (Å²) < 4.78 is 0. The van der Waals surface area contributed by atoms with Crippen LogP contribution >= 0.6 is 0 Å². The van der Waals surface area contributed by atoms with E-state index >= 15 is 0 Å². The molecule has 2 rings (SSSR count). The average molecular weight is 338 g/mol. The first kappa shape index (κ1) is 18.7. The van der Waals surface area contributed by atoms with Gasteiger partial charge in [0.25, 0.3) is 0 Å². The highest BCUT2D eigenvalue weighted by molar-refractivity contribution is 5.69. The number of aromatic hydroxyl groups is 3. The van der Waals surface area contributed by atoms with Gasteiger partial charge in [-0.25, -0.2) is 0 Å². The molecule has 132 valence electrons. The first-order valence-electron chi connectivity index (χ1n) is 8.50. The van der Waals surface area contributed by atoms with Crippen LogP contribution in [0.25, 0.3) is 11.1 Å². The van der Waals surface area contributed by atoms with E-state index in [0.717, 1.165) is 18.4 Å². The minimum absolute atomic E-state index is 0.0800. The molecule has 25 heavy (non-hydrogen) atoms. The van der Waals surface area contributed by atoms with Crippen molar-refractivity contribution in [1.29, 1.82) is 0 Å². The van der Waals surface area contributed by atoms with Crippen LogP contribution in [-0.4, -0.2) is 15.3 Å². The molecular weight excluding hydrogens is 312 g/mol. The fourth-order valence-electron chi connectivity index (χ4n) is 2.64. The molecule has 0 fully saturated rings. The summed E-state index contributed by atoms with van der Waals surface area (Å²) in [5.74, 6) is 0.343. The van der Waals surface area contributed by atoms with Gasteiger partial charge in [0.15, 0.2) is 0 Å². The SMILES string of the molecule is CC(C)=CCC/C(C)=C/Cc1c(O)cc(-c2ccc(O)cc2)cc1O. The number of allylic oxidation sites excluding steroid dienone is 4. The summed E-state index contributed by atoms with van der Waals surface area (Å²) >= 11 is 0. The molecule has 0 aromatic heterocycles. The van der Waals surface area contributed by atoms with Crippen molar-refractivity contribution < 1.29 is 15.3 Å². The van der Waals surface area contributed by atoms with Gasteiger partial charge in [0.2, 0.25) is 0 Å². The monoisotopic (exact) mass is 338 g/mol. The van der Waals surface area contributed by atoms with Crippen molar-refractivity contribution in [3.8, 4) is 28.4 Å². The standard InChI is InChI=1S/C22H26O3/c1-15(2)5-4-6-16(3)7-12-20-21(24)13-18(14-22(20)25)17-8-10-19(23)11-9-17/h5,7-11,13-14,23-25H,4,6,12H2,1-3H3/b16-7+. The van der Waals surface area contributed by atoms with Gasteiger partial charge in [-0.2, -0.15) is 0 Å². The van der Waals surface area contributed by atoms with Gasteiger partial charge in [-0.1, -0.05) is 35.4 Å². The maximum Gasteiger partial charge on any atom is 0.123 e. The maximum absolute atomic E-state index is 10.3. The zero-order valence-corrected chi connectivity index (χ0v) is 15.1. The topological polar surface area (TPSA) is 60.7 Å². The summed E-state index contributed by atoms with van der Waals surface area (Å²) in [6, 6.07) is 9.94. The van der Waals surface area contributed by atoms with Crippen molar-refractivity contribution in [1.82, 2.24) is 0 Å². The largest absolute Gasteiger partial charge is 0.508 e. The van der Waals surface area contributed by atoms with Crippen LogP contribution < -0.4 is 0 Å². The van der Waals surface area contributed by atoms with E-state index in [1.54, 1.807) is 36.4 Å². The Morgan fingerprint density at radius 2 is 1.44 bits per heavy atom. The molecule has 0 saturated heterocycles. The quantitative estimate of drug-likeness (QED) is 0.592. The number of phenols is 3. The van der Waals surface area contributed by atoms with E-state index in [1.807, 2.05) is 6.08 Å². The maximum atomic E-state index is 10.3. The lowest BCUT2D eigenvalue weighted by molar-refractivity contribution is 0.441. The number of hydrogen-bond donors (Lipinski definition) is 3. The fraction of sp³-hybridized carbons (Fsp3) is 0.273. The molecule has 3 nitrogen and oxygen atoms in total. The third-order valence-corrected chi connectivity index (χ3v) is 4.15. The molecule has 0 atom stereocenters. The summed E-state index contributed by atoms with van der Waals surface area (Å²) in [5.41, 5.74) is 4.61. The Balaban J connectivity index is 2.14. The van der Waals surface area contributed by atoms with E-state index in [-0.39, 0.29) is 17.2 Å². The van der Waals surface area contributed by atoms with E-state index in [0.29, 0.717) is 17.5 Å². The highest BCUT2D eigenvalue weighted by Gasteiger charge is 2.10. The molecule has 0 aliphatic heterocycles. The Bertz CT molecular complexity index is 756. The minimum Gasteiger partial charge on any atom is -0.508 e. The van der Waals surface area contributed by atoms with Gasteiger partial charge in [0.1, 0.15) is 17.2 Å². The van der Waals surface area contributed by atoms with E-state index in [4.69, 9.17) is 0 Å². The van der Waals surface area contributed by atoms with Gasteiger partial charge < -0.3 is 15.3 Å². The summed E-state index contributed by atoms with van der Waals surface area (Å²) in [5, 5.41) is 30.0. The molecule has 0 amide bonds. The second kappa shape index (κ2) is 8.43. The van der Waals surface area contributed by atoms with Gasteiger partial charge >= 0.3 is 0 Å². The van der Waals surface area contributed by atoms with Crippen molar-refractivity contribution in [3.63, 3.8) is 0 Å². The van der Waals surface area contributed by atoms with Crippen LogP contribution in [0.3, 0.4) is 0 Å². The number of rotatable bonds is 6. The summed E-state index contributed by atoms with van der Waals surface area (Å²) in [4.78, 5) is 0. The molecule has 0 unspecified atom stereocenters. The van der Waals surface area contributed by atoms with E-state index < -0.39 is 0 Å². The zero-order valence-electron chi connectivity index (χ0n) is 15.1. The second-order valence-corrected chi connectivity index (χ2v) is 6.61. The smallest absolute Gasteiger partial charge is 0.123 e. The van der Waals surface area contributed by atoms with Gasteiger partial charge in [0.05, 0.1) is 0 Å². The predicted octanol–water partition coefficient (Wildman–Crippen LogP) is 5.71. The summed E-state index contributed by atoms with van der Waals surface area (Å²) in [6.07, 6.45) is 6.72. The van der Waals surface area contributed by atoms with Crippen molar-refractivity contribution in [2.45, 2.75) is 40.0 Å². The van der Waals surface area contributed by atoms with Gasteiger partial charge in [-0.15, -0.1) is 0 Å². The lowest BCUT2D eigenvalue weighted by atomic mass is 9.99. The Kier molecular flexibility index (Phi) is 6.29. The predicted molar refractivity (Wildman–Crippen MR) is 103 cm³/mol. The Morgan fingerprint density at radius 1 is 0.840 bits per heavy atom. The van der Waals surface area contributed by atoms with Crippen molar-refractivity contribution in [3.05, 3.63) is 65.3 Å². The van der Waals surface area contributed by atoms with Crippen LogP contribution in [0, 0.1) is 0 Å². The third kappa shape index (κ3) is 5.42. The van der Waals surface area contributed by atoms with E-state index in [2.05, 4.69) is 26.8 Å². The molecule has 3 N–H and O–H groups in total. The number of phenolic OH excluding ortho intramolecular Hbond substituents is 3.